The fourth-order valence-corrected chi connectivity index (χ4v) is 6.35. The van der Waals surface area contributed by atoms with Gasteiger partial charge in [-0.2, -0.15) is 0 Å². The molecule has 1 saturated heterocycles. The lowest BCUT2D eigenvalue weighted by Crippen LogP contribution is -2.56. The number of nitrogens with zero attached hydrogens (tertiary/aromatic N) is 2. The maximum atomic E-state index is 5.95. The van der Waals surface area contributed by atoms with E-state index in [9.17, 15) is 0 Å². The molecule has 4 atom stereocenters. The Morgan fingerprint density at radius 2 is 1.90 bits per heavy atom. The van der Waals surface area contributed by atoms with Crippen molar-refractivity contribution in [3.63, 3.8) is 0 Å². The van der Waals surface area contributed by atoms with Crippen LogP contribution in [0.5, 0.6) is 0 Å². The summed E-state index contributed by atoms with van der Waals surface area (Å²) in [7, 11) is 2.25. The van der Waals surface area contributed by atoms with E-state index >= 15 is 0 Å². The predicted octanol–water partition coefficient (Wildman–Crippen LogP) is 5.38. The molecule has 6 rings (SSSR count). The molecule has 2 bridgehead atoms. The maximum absolute atomic E-state index is 5.95. The minimum absolute atomic E-state index is 0.416. The van der Waals surface area contributed by atoms with Gasteiger partial charge in [0.25, 0.3) is 0 Å². The molecule has 4 heterocycles. The summed E-state index contributed by atoms with van der Waals surface area (Å²) in [6.45, 7) is 5.89. The van der Waals surface area contributed by atoms with E-state index in [1.807, 2.05) is 12.3 Å². The van der Waals surface area contributed by atoms with E-state index in [0.717, 1.165) is 26.0 Å². The average Bonchev–Trinajstić information content (AvgIpc) is 3.06. The van der Waals surface area contributed by atoms with E-state index in [4.69, 9.17) is 4.74 Å². The summed E-state index contributed by atoms with van der Waals surface area (Å²) in [5.41, 5.74) is 7.10. The van der Waals surface area contributed by atoms with Crippen molar-refractivity contribution in [2.75, 3.05) is 6.61 Å². The van der Waals surface area contributed by atoms with Gasteiger partial charge in [0.1, 0.15) is 0 Å². The molecule has 1 fully saturated rings. The second-order valence-electron chi connectivity index (χ2n) is 9.05. The van der Waals surface area contributed by atoms with Crippen molar-refractivity contribution in [2.45, 2.75) is 31.5 Å². The zero-order chi connectivity index (χ0) is 20.2. The van der Waals surface area contributed by atoms with Crippen LogP contribution in [0, 0.1) is 11.8 Å². The van der Waals surface area contributed by atoms with Gasteiger partial charge in [-0.1, -0.05) is 61.2 Å². The first-order valence-corrected chi connectivity index (χ1v) is 11.1. The Bertz CT molecular complexity index is 1140. The molecule has 3 aromatic rings. The molecule has 3 aliphatic rings. The molecule has 0 N–H and O–H groups in total. The van der Waals surface area contributed by atoms with Gasteiger partial charge in [-0.25, -0.2) is 0 Å². The van der Waals surface area contributed by atoms with Crippen LogP contribution in [-0.2, 0) is 24.8 Å². The van der Waals surface area contributed by atoms with Crippen LogP contribution in [0.3, 0.4) is 0 Å². The minimum atomic E-state index is 0.416. The predicted molar refractivity (Wildman–Crippen MR) is 121 cm³/mol. The summed E-state index contributed by atoms with van der Waals surface area (Å²) in [5, 5.41) is 1.43. The van der Waals surface area contributed by atoms with Crippen LogP contribution in [0.2, 0.25) is 0 Å². The molecule has 2 aromatic carbocycles. The van der Waals surface area contributed by atoms with Gasteiger partial charge >= 0.3 is 0 Å². The number of hydrogen-bond acceptors (Lipinski definition) is 2. The number of rotatable bonds is 3. The molecule has 0 aliphatic carbocycles. The summed E-state index contributed by atoms with van der Waals surface area (Å²) in [4.78, 5) is 2.77. The Labute approximate surface area is 178 Å². The Hall–Kier alpha value is -2.78. The first-order valence-electron chi connectivity index (χ1n) is 11.1. The molecule has 3 heteroatoms. The van der Waals surface area contributed by atoms with Crippen molar-refractivity contribution in [1.29, 1.82) is 0 Å². The first kappa shape index (κ1) is 18.0. The average molecular weight is 397 g/mol. The van der Waals surface area contributed by atoms with E-state index in [-0.39, 0.29) is 0 Å². The molecular weight excluding hydrogens is 368 g/mol. The van der Waals surface area contributed by atoms with Gasteiger partial charge in [-0.15, -0.1) is 0 Å². The second kappa shape index (κ2) is 6.88. The quantitative estimate of drug-likeness (QED) is 0.591. The lowest BCUT2D eigenvalue weighted by molar-refractivity contribution is -0.0422. The highest BCUT2D eigenvalue weighted by molar-refractivity contribution is 5.86. The summed E-state index contributed by atoms with van der Waals surface area (Å²) >= 11 is 0. The number of benzene rings is 2. The van der Waals surface area contributed by atoms with Gasteiger partial charge in [0, 0.05) is 42.1 Å². The lowest BCUT2D eigenvalue weighted by Gasteiger charge is -2.54. The van der Waals surface area contributed by atoms with Crippen LogP contribution in [0.25, 0.3) is 10.9 Å². The van der Waals surface area contributed by atoms with Crippen LogP contribution >= 0.6 is 0 Å². The van der Waals surface area contributed by atoms with E-state index in [0.29, 0.717) is 23.9 Å². The third-order valence-corrected chi connectivity index (χ3v) is 7.68. The Balaban J connectivity index is 1.51. The number of ether oxygens (including phenoxy) is 1. The van der Waals surface area contributed by atoms with Crippen LogP contribution in [-0.4, -0.2) is 22.1 Å². The molecule has 3 aliphatic heterocycles. The number of aromatic nitrogens is 1. The third-order valence-electron chi connectivity index (χ3n) is 7.68. The van der Waals surface area contributed by atoms with Crippen LogP contribution in [0.4, 0.5) is 0 Å². The molecular formula is C27H28N2O. The fourth-order valence-electron chi connectivity index (χ4n) is 6.35. The molecule has 30 heavy (non-hydrogen) atoms. The van der Waals surface area contributed by atoms with Gasteiger partial charge in [-0.05, 0) is 41.5 Å². The van der Waals surface area contributed by atoms with Gasteiger partial charge in [0.05, 0.1) is 18.9 Å². The largest absolute Gasteiger partial charge is 0.501 e. The van der Waals surface area contributed by atoms with Crippen LogP contribution in [0.1, 0.15) is 29.3 Å². The van der Waals surface area contributed by atoms with Crippen LogP contribution in [0.15, 0.2) is 79.1 Å². The Kier molecular flexibility index (Phi) is 4.14. The zero-order valence-electron chi connectivity index (χ0n) is 17.5. The van der Waals surface area contributed by atoms with Crippen LogP contribution < -0.4 is 0 Å². The topological polar surface area (TPSA) is 17.4 Å². The first-order chi connectivity index (χ1) is 14.8. The smallest absolute Gasteiger partial charge is 0.0922 e. The zero-order valence-corrected chi connectivity index (χ0v) is 17.5. The molecule has 3 nitrogen and oxygen atoms in total. The number of hydrogen-bond donors (Lipinski definition) is 0. The van der Waals surface area contributed by atoms with Gasteiger partial charge in [0.15, 0.2) is 0 Å². The Morgan fingerprint density at radius 3 is 2.73 bits per heavy atom. The van der Waals surface area contributed by atoms with Gasteiger partial charge < -0.3 is 9.30 Å². The van der Waals surface area contributed by atoms with Crippen molar-refractivity contribution in [3.8, 4) is 0 Å². The summed E-state index contributed by atoms with van der Waals surface area (Å²) < 4.78 is 8.41. The van der Waals surface area contributed by atoms with Crippen molar-refractivity contribution in [1.82, 2.24) is 9.47 Å². The lowest BCUT2D eigenvalue weighted by atomic mass is 9.67. The number of aryl methyl sites for hydroxylation is 1. The number of piperidine rings is 1. The summed E-state index contributed by atoms with van der Waals surface area (Å²) in [5.74, 6) is 1.04. The molecule has 152 valence electrons. The highest BCUT2D eigenvalue weighted by Crippen LogP contribution is 2.52. The maximum Gasteiger partial charge on any atom is 0.0922 e. The molecule has 1 aromatic heterocycles. The third kappa shape index (κ3) is 2.55. The van der Waals surface area contributed by atoms with Crippen molar-refractivity contribution < 1.29 is 4.74 Å². The van der Waals surface area contributed by atoms with E-state index < -0.39 is 0 Å². The van der Waals surface area contributed by atoms with Gasteiger partial charge in [0.2, 0.25) is 0 Å². The monoisotopic (exact) mass is 396 g/mol. The molecule has 0 spiro atoms. The minimum Gasteiger partial charge on any atom is -0.501 e. The SMILES string of the molecule is C=CC1=COC[C@@H]2[C@H]1C[C@H]1c3c(c4ccccc4n3C)C[C@@H]2N1Cc1ccccc1. The van der Waals surface area contributed by atoms with Crippen molar-refractivity contribution in [2.24, 2.45) is 18.9 Å². The second-order valence-corrected chi connectivity index (χ2v) is 9.05. The van der Waals surface area contributed by atoms with Gasteiger partial charge in [-0.3, -0.25) is 4.90 Å². The number of fused-ring (bicyclic) bond motifs is 8. The highest BCUT2D eigenvalue weighted by Gasteiger charge is 2.50. The highest BCUT2D eigenvalue weighted by atomic mass is 16.5. The molecule has 0 amide bonds. The molecule has 0 saturated carbocycles. The van der Waals surface area contributed by atoms with Crippen molar-refractivity contribution >= 4 is 10.9 Å². The standard InChI is InChI=1S/C27H28N2O/c1-3-19-16-30-17-23-21(19)13-26-27-22(20-11-7-8-12-24(20)28(27)2)14-25(23)29(26)15-18-9-5-4-6-10-18/h3-12,16,21,23,25-26H,1,13-15,17H2,2H3/t21-,23+,25-,26-/m0/s1. The van der Waals surface area contributed by atoms with Crippen molar-refractivity contribution in [3.05, 3.63) is 95.9 Å². The van der Waals surface area contributed by atoms with E-state index in [1.165, 1.54) is 27.7 Å². The Morgan fingerprint density at radius 1 is 1.10 bits per heavy atom. The van der Waals surface area contributed by atoms with E-state index in [1.54, 1.807) is 5.56 Å². The molecule has 0 radical (unpaired) electrons. The number of para-hydroxylation sites is 1. The summed E-state index contributed by atoms with van der Waals surface area (Å²) in [6.07, 6.45) is 6.20. The van der Waals surface area contributed by atoms with E-state index in [2.05, 4.69) is 77.7 Å². The molecule has 0 unspecified atom stereocenters. The number of allylic oxidation sites excluding steroid dienone is 2. The summed E-state index contributed by atoms with van der Waals surface area (Å²) in [6, 6.07) is 20.8. The normalized spacial score (nSPS) is 27.7. The fraction of sp³-hybridized carbons (Fsp3) is 0.333.